The van der Waals surface area contributed by atoms with Crippen molar-refractivity contribution in [1.29, 1.82) is 0 Å². The van der Waals surface area contributed by atoms with Crippen molar-refractivity contribution in [3.05, 3.63) is 28.9 Å². The fourth-order valence-corrected chi connectivity index (χ4v) is 1.76. The fraction of sp³-hybridized carbons (Fsp3) is 0.364. The van der Waals surface area contributed by atoms with Crippen LogP contribution in [0.15, 0.2) is 12.4 Å². The molecule has 2 aromatic rings. The highest BCUT2D eigenvalue weighted by molar-refractivity contribution is 6.28. The zero-order valence-corrected chi connectivity index (χ0v) is 10.8. The van der Waals surface area contributed by atoms with Crippen LogP contribution in [0.1, 0.15) is 17.7 Å². The predicted octanol–water partition coefficient (Wildman–Crippen LogP) is 1.79. The molecule has 2 heterocycles. The number of hydrogen-bond acceptors (Lipinski definition) is 5. The lowest BCUT2D eigenvalue weighted by Gasteiger charge is -2.07. The van der Waals surface area contributed by atoms with Crippen LogP contribution < -0.4 is 11.1 Å². The third kappa shape index (κ3) is 3.10. The van der Waals surface area contributed by atoms with Crippen molar-refractivity contribution in [3.63, 3.8) is 0 Å². The minimum Gasteiger partial charge on any atom is -0.394 e. The molecule has 0 saturated carbocycles. The molecule has 7 heteroatoms. The second-order valence-electron chi connectivity index (χ2n) is 3.99. The van der Waals surface area contributed by atoms with E-state index in [1.807, 2.05) is 13.1 Å². The van der Waals surface area contributed by atoms with Gasteiger partial charge in [0, 0.05) is 12.2 Å². The molecule has 0 unspecified atom stereocenters. The molecule has 0 aromatic carbocycles. The monoisotopic (exact) mass is 266 g/mol. The summed E-state index contributed by atoms with van der Waals surface area (Å²) in [5.41, 5.74) is 8.57. The lowest BCUT2D eigenvalue weighted by molar-refractivity contribution is 0.853. The van der Waals surface area contributed by atoms with Gasteiger partial charge >= 0.3 is 0 Å². The maximum absolute atomic E-state index is 5.73. The van der Waals surface area contributed by atoms with Crippen molar-refractivity contribution in [1.82, 2.24) is 20.2 Å². The van der Waals surface area contributed by atoms with Crippen LogP contribution in [0.3, 0.4) is 0 Å². The van der Waals surface area contributed by atoms with Gasteiger partial charge in [0.2, 0.25) is 5.28 Å². The van der Waals surface area contributed by atoms with Gasteiger partial charge in [-0.05, 0) is 36.9 Å². The van der Waals surface area contributed by atoms with Crippen molar-refractivity contribution < 1.29 is 0 Å². The van der Waals surface area contributed by atoms with Gasteiger partial charge in [-0.15, -0.1) is 0 Å². The normalized spacial score (nSPS) is 10.6. The van der Waals surface area contributed by atoms with Gasteiger partial charge in [-0.25, -0.2) is 4.98 Å². The molecule has 0 atom stereocenters. The Bertz CT molecular complexity index is 524. The van der Waals surface area contributed by atoms with Gasteiger partial charge < -0.3 is 11.1 Å². The lowest BCUT2D eigenvalue weighted by atomic mass is 10.1. The Kier molecular flexibility index (Phi) is 3.99. The topological polar surface area (TPSA) is 92.5 Å². The van der Waals surface area contributed by atoms with E-state index in [2.05, 4.69) is 25.5 Å². The molecular weight excluding hydrogens is 252 g/mol. The second kappa shape index (κ2) is 5.68. The minimum atomic E-state index is 0.192. The number of aromatic amines is 1. The van der Waals surface area contributed by atoms with E-state index in [1.165, 1.54) is 11.8 Å². The number of anilines is 2. The zero-order valence-electron chi connectivity index (χ0n) is 10.1. The summed E-state index contributed by atoms with van der Waals surface area (Å²) < 4.78 is 0. The zero-order chi connectivity index (χ0) is 13.0. The van der Waals surface area contributed by atoms with Crippen molar-refractivity contribution >= 4 is 23.1 Å². The minimum absolute atomic E-state index is 0.192. The van der Waals surface area contributed by atoms with Crippen LogP contribution in [0, 0.1) is 6.92 Å². The van der Waals surface area contributed by atoms with Crippen LogP contribution in [-0.2, 0) is 6.42 Å². The Morgan fingerprint density at radius 3 is 3.00 bits per heavy atom. The Labute approximate surface area is 110 Å². The Morgan fingerprint density at radius 1 is 1.44 bits per heavy atom. The van der Waals surface area contributed by atoms with E-state index in [0.717, 1.165) is 25.1 Å². The Hall–Kier alpha value is -1.82. The number of rotatable bonds is 5. The van der Waals surface area contributed by atoms with Gasteiger partial charge in [0.05, 0.1) is 18.1 Å². The van der Waals surface area contributed by atoms with E-state index in [9.17, 15) is 0 Å². The molecule has 6 nitrogen and oxygen atoms in total. The number of nitrogen functional groups attached to an aromatic ring is 1. The van der Waals surface area contributed by atoms with E-state index in [1.54, 1.807) is 0 Å². The maximum Gasteiger partial charge on any atom is 0.224 e. The molecule has 0 radical (unpaired) electrons. The highest BCUT2D eigenvalue weighted by atomic mass is 35.5. The number of H-pyrrole nitrogens is 1. The number of nitrogens with two attached hydrogens (primary N) is 1. The summed E-state index contributed by atoms with van der Waals surface area (Å²) in [5.74, 6) is 0.582. The molecule has 0 spiro atoms. The molecule has 4 N–H and O–H groups in total. The van der Waals surface area contributed by atoms with E-state index in [0.29, 0.717) is 11.5 Å². The third-order valence-electron chi connectivity index (χ3n) is 2.64. The van der Waals surface area contributed by atoms with Gasteiger partial charge in [0.1, 0.15) is 0 Å². The highest BCUT2D eigenvalue weighted by Gasteiger charge is 2.03. The van der Waals surface area contributed by atoms with Gasteiger partial charge in [0.15, 0.2) is 5.82 Å². The molecule has 0 aliphatic heterocycles. The van der Waals surface area contributed by atoms with Crippen LogP contribution in [0.25, 0.3) is 0 Å². The van der Waals surface area contributed by atoms with Crippen LogP contribution in [-0.4, -0.2) is 26.7 Å². The largest absolute Gasteiger partial charge is 0.394 e. The summed E-state index contributed by atoms with van der Waals surface area (Å²) in [6.07, 6.45) is 5.26. The molecule has 0 bridgehead atoms. The Balaban J connectivity index is 1.82. The first kappa shape index (κ1) is 12.6. The molecule has 0 amide bonds. The SMILES string of the molecule is Cc1[nH]ncc1CCCNc1nc(Cl)ncc1N. The number of halogens is 1. The fourth-order valence-electron chi connectivity index (χ4n) is 1.62. The first-order valence-electron chi connectivity index (χ1n) is 5.67. The van der Waals surface area contributed by atoms with Crippen LogP contribution in [0.2, 0.25) is 5.28 Å². The number of aryl methyl sites for hydroxylation is 2. The number of aromatic nitrogens is 4. The summed E-state index contributed by atoms with van der Waals surface area (Å²) >= 11 is 5.70. The predicted molar refractivity (Wildman–Crippen MR) is 71.6 cm³/mol. The average Bonchev–Trinajstić information content (AvgIpc) is 2.75. The molecule has 96 valence electrons. The summed E-state index contributed by atoms with van der Waals surface area (Å²) in [4.78, 5) is 7.82. The number of nitrogens with one attached hydrogen (secondary N) is 2. The standard InChI is InChI=1S/C11H15ClN6/c1-7-8(5-16-18-7)3-2-4-14-10-9(13)6-15-11(12)17-10/h5-6H,2-4,13H2,1H3,(H,16,18)(H,14,15,17). The smallest absolute Gasteiger partial charge is 0.224 e. The maximum atomic E-state index is 5.73. The van der Waals surface area contributed by atoms with Crippen LogP contribution in [0.4, 0.5) is 11.5 Å². The van der Waals surface area contributed by atoms with Gasteiger partial charge in [0.25, 0.3) is 0 Å². The summed E-state index contributed by atoms with van der Waals surface area (Å²) in [6, 6.07) is 0. The second-order valence-corrected chi connectivity index (χ2v) is 4.33. The highest BCUT2D eigenvalue weighted by Crippen LogP contribution is 2.15. The van der Waals surface area contributed by atoms with Crippen LogP contribution >= 0.6 is 11.6 Å². The molecule has 0 fully saturated rings. The first-order chi connectivity index (χ1) is 8.66. The number of nitrogens with zero attached hydrogens (tertiary/aromatic N) is 3. The third-order valence-corrected chi connectivity index (χ3v) is 2.82. The van der Waals surface area contributed by atoms with E-state index in [4.69, 9.17) is 17.3 Å². The van der Waals surface area contributed by atoms with Crippen molar-refractivity contribution in [2.24, 2.45) is 0 Å². The molecule has 2 rings (SSSR count). The summed E-state index contributed by atoms with van der Waals surface area (Å²) in [7, 11) is 0. The van der Waals surface area contributed by atoms with Crippen molar-refractivity contribution in [2.45, 2.75) is 19.8 Å². The summed E-state index contributed by atoms with van der Waals surface area (Å²) in [5, 5.41) is 10.2. The quantitative estimate of drug-likeness (QED) is 0.567. The summed E-state index contributed by atoms with van der Waals surface area (Å²) in [6.45, 7) is 2.78. The average molecular weight is 267 g/mol. The Morgan fingerprint density at radius 2 is 2.28 bits per heavy atom. The molecule has 0 aliphatic rings. The molecule has 18 heavy (non-hydrogen) atoms. The lowest BCUT2D eigenvalue weighted by Crippen LogP contribution is -2.08. The molecule has 0 saturated heterocycles. The van der Waals surface area contributed by atoms with Crippen molar-refractivity contribution in [2.75, 3.05) is 17.6 Å². The first-order valence-corrected chi connectivity index (χ1v) is 6.05. The van der Waals surface area contributed by atoms with Crippen LogP contribution in [0.5, 0.6) is 0 Å². The van der Waals surface area contributed by atoms with Gasteiger partial charge in [-0.2, -0.15) is 10.1 Å². The molecular formula is C11H15ClN6. The van der Waals surface area contributed by atoms with Gasteiger partial charge in [-0.3, -0.25) is 5.10 Å². The molecule has 0 aliphatic carbocycles. The van der Waals surface area contributed by atoms with E-state index in [-0.39, 0.29) is 5.28 Å². The van der Waals surface area contributed by atoms with E-state index >= 15 is 0 Å². The number of hydrogen-bond donors (Lipinski definition) is 3. The van der Waals surface area contributed by atoms with E-state index < -0.39 is 0 Å². The van der Waals surface area contributed by atoms with Crippen molar-refractivity contribution in [3.8, 4) is 0 Å². The molecule has 2 aromatic heterocycles. The van der Waals surface area contributed by atoms with Gasteiger partial charge in [-0.1, -0.05) is 0 Å².